The van der Waals surface area contributed by atoms with E-state index in [4.69, 9.17) is 11.6 Å². The number of carbonyl (C=O) groups is 2. The van der Waals surface area contributed by atoms with Crippen LogP contribution >= 0.6 is 11.6 Å². The van der Waals surface area contributed by atoms with Gasteiger partial charge in [0, 0.05) is 6.54 Å². The number of hydrogen-bond donors (Lipinski definition) is 2. The Morgan fingerprint density at radius 1 is 0.897 bits per heavy atom. The summed E-state index contributed by atoms with van der Waals surface area (Å²) in [6.07, 6.45) is 0.131. The molecule has 29 heavy (non-hydrogen) atoms. The molecule has 0 radical (unpaired) electrons. The van der Waals surface area contributed by atoms with Gasteiger partial charge in [-0.25, -0.2) is 0 Å². The molecule has 3 aromatic carbocycles. The maximum absolute atomic E-state index is 12.7. The maximum atomic E-state index is 12.7. The van der Waals surface area contributed by atoms with Gasteiger partial charge in [-0.05, 0) is 35.7 Å². The van der Waals surface area contributed by atoms with Gasteiger partial charge >= 0.3 is 0 Å². The second-order valence-electron chi connectivity index (χ2n) is 6.82. The van der Waals surface area contributed by atoms with E-state index in [2.05, 4.69) is 10.6 Å². The summed E-state index contributed by atoms with van der Waals surface area (Å²) in [7, 11) is 0. The Hall–Kier alpha value is -3.11. The quantitative estimate of drug-likeness (QED) is 0.590. The Kier molecular flexibility index (Phi) is 7.04. The maximum Gasteiger partial charge on any atom is 0.253 e. The van der Waals surface area contributed by atoms with Crippen LogP contribution in [-0.4, -0.2) is 11.8 Å². The van der Waals surface area contributed by atoms with Crippen LogP contribution in [0.15, 0.2) is 78.9 Å². The van der Waals surface area contributed by atoms with E-state index in [0.29, 0.717) is 17.1 Å². The van der Waals surface area contributed by atoms with E-state index < -0.39 is 6.04 Å². The number of aryl methyl sites for hydroxylation is 1. The molecule has 2 N–H and O–H groups in total. The predicted molar refractivity (Wildman–Crippen MR) is 116 cm³/mol. The van der Waals surface area contributed by atoms with E-state index in [9.17, 15) is 9.59 Å². The van der Waals surface area contributed by atoms with E-state index >= 15 is 0 Å². The Labute approximate surface area is 175 Å². The van der Waals surface area contributed by atoms with Crippen molar-refractivity contribution in [3.8, 4) is 0 Å². The fraction of sp³-hybridized carbons (Fsp3) is 0.167. The fourth-order valence-corrected chi connectivity index (χ4v) is 3.30. The molecule has 3 aromatic rings. The van der Waals surface area contributed by atoms with Crippen LogP contribution in [0.1, 0.15) is 39.5 Å². The third-order valence-electron chi connectivity index (χ3n) is 4.75. The lowest BCUT2D eigenvalue weighted by Gasteiger charge is -2.19. The van der Waals surface area contributed by atoms with Crippen molar-refractivity contribution in [3.05, 3.63) is 106 Å². The first-order valence-electron chi connectivity index (χ1n) is 9.46. The van der Waals surface area contributed by atoms with E-state index in [-0.39, 0.29) is 18.2 Å². The van der Waals surface area contributed by atoms with Crippen molar-refractivity contribution in [1.82, 2.24) is 10.6 Å². The summed E-state index contributed by atoms with van der Waals surface area (Å²) in [5.41, 5.74) is 3.44. The van der Waals surface area contributed by atoms with Gasteiger partial charge in [0.25, 0.3) is 5.91 Å². The SMILES string of the molecule is Cc1ccccc1CNC(=O)CC(NC(=O)c1ccccc1Cl)c1ccccc1. The minimum Gasteiger partial charge on any atom is -0.352 e. The van der Waals surface area contributed by atoms with E-state index in [1.165, 1.54) is 0 Å². The highest BCUT2D eigenvalue weighted by Crippen LogP contribution is 2.20. The summed E-state index contributed by atoms with van der Waals surface area (Å²) in [6.45, 7) is 2.46. The molecule has 0 saturated carbocycles. The molecule has 0 spiro atoms. The van der Waals surface area contributed by atoms with Crippen LogP contribution in [0.5, 0.6) is 0 Å². The van der Waals surface area contributed by atoms with E-state index in [1.54, 1.807) is 24.3 Å². The summed E-state index contributed by atoms with van der Waals surface area (Å²) in [6, 6.07) is 23.8. The Morgan fingerprint density at radius 3 is 2.28 bits per heavy atom. The number of nitrogens with one attached hydrogen (secondary N) is 2. The summed E-state index contributed by atoms with van der Waals surface area (Å²) in [5.74, 6) is -0.447. The van der Waals surface area contributed by atoms with Gasteiger partial charge in [-0.1, -0.05) is 78.3 Å². The monoisotopic (exact) mass is 406 g/mol. The number of carbonyl (C=O) groups excluding carboxylic acids is 2. The molecule has 0 bridgehead atoms. The Balaban J connectivity index is 1.71. The van der Waals surface area contributed by atoms with Crippen LogP contribution in [-0.2, 0) is 11.3 Å². The van der Waals surface area contributed by atoms with Gasteiger partial charge in [0.2, 0.25) is 5.91 Å². The minimum atomic E-state index is -0.461. The van der Waals surface area contributed by atoms with Crippen LogP contribution < -0.4 is 10.6 Å². The molecular weight excluding hydrogens is 384 g/mol. The molecule has 4 nitrogen and oxygen atoms in total. The molecule has 0 aliphatic heterocycles. The Bertz CT molecular complexity index is 989. The fourth-order valence-electron chi connectivity index (χ4n) is 3.08. The third-order valence-corrected chi connectivity index (χ3v) is 5.08. The standard InChI is InChI=1S/C24H23ClN2O2/c1-17-9-5-6-12-19(17)16-26-23(28)15-22(18-10-3-2-4-11-18)27-24(29)20-13-7-8-14-21(20)25/h2-14,22H,15-16H2,1H3,(H,26,28)(H,27,29). The zero-order valence-electron chi connectivity index (χ0n) is 16.2. The second-order valence-corrected chi connectivity index (χ2v) is 7.23. The average Bonchev–Trinajstić information content (AvgIpc) is 2.73. The van der Waals surface area contributed by atoms with Crippen molar-refractivity contribution in [1.29, 1.82) is 0 Å². The largest absolute Gasteiger partial charge is 0.352 e. The molecule has 5 heteroatoms. The highest BCUT2D eigenvalue weighted by molar-refractivity contribution is 6.33. The first-order chi connectivity index (χ1) is 14.0. The topological polar surface area (TPSA) is 58.2 Å². The van der Waals surface area contributed by atoms with Gasteiger partial charge in [0.05, 0.1) is 23.0 Å². The number of rotatable bonds is 7. The summed E-state index contributed by atoms with van der Waals surface area (Å²) in [4.78, 5) is 25.3. The molecule has 0 aliphatic rings. The van der Waals surface area contributed by atoms with E-state index in [1.807, 2.05) is 61.5 Å². The van der Waals surface area contributed by atoms with Crippen molar-refractivity contribution in [2.24, 2.45) is 0 Å². The molecule has 148 valence electrons. The van der Waals surface area contributed by atoms with Gasteiger partial charge in [-0.3, -0.25) is 9.59 Å². The van der Waals surface area contributed by atoms with Crippen LogP contribution in [0.4, 0.5) is 0 Å². The van der Waals surface area contributed by atoms with Crippen LogP contribution in [0.25, 0.3) is 0 Å². The molecule has 2 amide bonds. The smallest absolute Gasteiger partial charge is 0.253 e. The summed E-state index contributed by atoms with van der Waals surface area (Å²) in [5, 5.41) is 6.27. The van der Waals surface area contributed by atoms with Gasteiger partial charge < -0.3 is 10.6 Å². The number of benzene rings is 3. The first-order valence-corrected chi connectivity index (χ1v) is 9.84. The van der Waals surface area contributed by atoms with E-state index in [0.717, 1.165) is 16.7 Å². The molecule has 0 heterocycles. The number of halogens is 1. The van der Waals surface area contributed by atoms with Crippen LogP contribution in [0.3, 0.4) is 0 Å². The number of amides is 2. The van der Waals surface area contributed by atoms with Crippen LogP contribution in [0.2, 0.25) is 5.02 Å². The molecule has 1 atom stereocenters. The van der Waals surface area contributed by atoms with Crippen molar-refractivity contribution in [3.63, 3.8) is 0 Å². The highest BCUT2D eigenvalue weighted by Gasteiger charge is 2.20. The predicted octanol–water partition coefficient (Wildman–Crippen LogP) is 4.83. The van der Waals surface area contributed by atoms with Gasteiger partial charge in [-0.15, -0.1) is 0 Å². The highest BCUT2D eigenvalue weighted by atomic mass is 35.5. The van der Waals surface area contributed by atoms with Gasteiger partial charge in [-0.2, -0.15) is 0 Å². The molecule has 0 fully saturated rings. The van der Waals surface area contributed by atoms with Crippen molar-refractivity contribution in [2.45, 2.75) is 25.9 Å². The lowest BCUT2D eigenvalue weighted by atomic mass is 10.0. The molecule has 0 saturated heterocycles. The summed E-state index contributed by atoms with van der Waals surface area (Å²) < 4.78 is 0. The molecule has 0 aliphatic carbocycles. The number of hydrogen-bond acceptors (Lipinski definition) is 2. The van der Waals surface area contributed by atoms with Crippen molar-refractivity contribution < 1.29 is 9.59 Å². The van der Waals surface area contributed by atoms with Gasteiger partial charge in [0.15, 0.2) is 0 Å². The lowest BCUT2D eigenvalue weighted by Crippen LogP contribution is -2.33. The van der Waals surface area contributed by atoms with Crippen molar-refractivity contribution >= 4 is 23.4 Å². The minimum absolute atomic E-state index is 0.131. The normalized spacial score (nSPS) is 11.5. The molecular formula is C24H23ClN2O2. The van der Waals surface area contributed by atoms with Crippen molar-refractivity contribution in [2.75, 3.05) is 0 Å². The zero-order chi connectivity index (χ0) is 20.6. The van der Waals surface area contributed by atoms with Gasteiger partial charge in [0.1, 0.15) is 0 Å². The molecule has 1 unspecified atom stereocenters. The molecule has 3 rings (SSSR count). The molecule has 0 aromatic heterocycles. The average molecular weight is 407 g/mol. The second kappa shape index (κ2) is 9.89. The first kappa shape index (κ1) is 20.6. The lowest BCUT2D eigenvalue weighted by molar-refractivity contribution is -0.121. The zero-order valence-corrected chi connectivity index (χ0v) is 16.9. The third kappa shape index (κ3) is 5.69. The van der Waals surface area contributed by atoms with Crippen LogP contribution in [0, 0.1) is 6.92 Å². The Morgan fingerprint density at radius 2 is 1.55 bits per heavy atom. The summed E-state index contributed by atoms with van der Waals surface area (Å²) >= 11 is 6.15.